The average Bonchev–Trinajstić information content (AvgIpc) is 2.55. The molecule has 0 aromatic heterocycles. The number of hydrogen-bond acceptors (Lipinski definition) is 4. The van der Waals surface area contributed by atoms with Crippen molar-refractivity contribution in [3.8, 4) is 5.75 Å². The third kappa shape index (κ3) is 4.00. The van der Waals surface area contributed by atoms with Crippen LogP contribution >= 0.6 is 0 Å². The zero-order valence-electron chi connectivity index (χ0n) is 15.0. The van der Waals surface area contributed by atoms with Gasteiger partial charge in [-0.25, -0.2) is 12.7 Å². The topological polar surface area (TPSA) is 75.7 Å². The molecule has 0 aliphatic carbocycles. The molecule has 0 atom stereocenters. The Morgan fingerprint density at radius 1 is 1.08 bits per heavy atom. The molecule has 2 aromatic carbocycles. The number of hydrogen-bond donors (Lipinski definition) is 1. The predicted molar refractivity (Wildman–Crippen MR) is 97.7 cm³/mol. The Morgan fingerprint density at radius 2 is 1.76 bits per heavy atom. The minimum atomic E-state index is -3.63. The van der Waals surface area contributed by atoms with Gasteiger partial charge < -0.3 is 10.1 Å². The molecule has 0 aliphatic rings. The molecule has 134 valence electrons. The molecule has 2 aromatic rings. The number of benzene rings is 2. The summed E-state index contributed by atoms with van der Waals surface area (Å²) in [5.41, 5.74) is 2.34. The molecule has 1 N–H and O–H groups in total. The lowest BCUT2D eigenvalue weighted by Crippen LogP contribution is -2.23. The first-order valence-electron chi connectivity index (χ1n) is 7.66. The highest BCUT2D eigenvalue weighted by Crippen LogP contribution is 2.26. The van der Waals surface area contributed by atoms with Gasteiger partial charge in [0.05, 0.1) is 17.7 Å². The van der Waals surface area contributed by atoms with Gasteiger partial charge in [0, 0.05) is 19.7 Å². The maximum Gasteiger partial charge on any atom is 0.255 e. The van der Waals surface area contributed by atoms with E-state index in [1.807, 2.05) is 13.0 Å². The summed E-state index contributed by atoms with van der Waals surface area (Å²) >= 11 is 0. The molecule has 0 fully saturated rings. The van der Waals surface area contributed by atoms with Crippen molar-refractivity contribution in [2.75, 3.05) is 26.5 Å². The van der Waals surface area contributed by atoms with Crippen LogP contribution in [0.5, 0.6) is 5.75 Å². The van der Waals surface area contributed by atoms with Gasteiger partial charge >= 0.3 is 0 Å². The fourth-order valence-electron chi connectivity index (χ4n) is 2.33. The van der Waals surface area contributed by atoms with Crippen molar-refractivity contribution < 1.29 is 17.9 Å². The smallest absolute Gasteiger partial charge is 0.255 e. The molecule has 0 radical (unpaired) electrons. The number of aryl methyl sites for hydroxylation is 2. The largest absolute Gasteiger partial charge is 0.495 e. The summed E-state index contributed by atoms with van der Waals surface area (Å²) < 4.78 is 31.2. The Labute approximate surface area is 148 Å². The van der Waals surface area contributed by atoms with Crippen molar-refractivity contribution >= 4 is 21.6 Å². The molecule has 0 aliphatic heterocycles. The number of nitrogens with one attached hydrogen (secondary N) is 1. The number of carbonyl (C=O) groups excluding carboxylic acids is 1. The van der Waals surface area contributed by atoms with Crippen LogP contribution in [0.15, 0.2) is 41.3 Å². The van der Waals surface area contributed by atoms with Crippen molar-refractivity contribution in [1.82, 2.24) is 4.31 Å². The van der Waals surface area contributed by atoms with E-state index < -0.39 is 15.9 Å². The SMILES string of the molecule is COc1ccc(C)cc1NC(=O)c1ccc(C)c(S(=O)(=O)N(C)C)c1. The summed E-state index contributed by atoms with van der Waals surface area (Å²) in [6.07, 6.45) is 0. The van der Waals surface area contributed by atoms with Crippen LogP contribution in [0.2, 0.25) is 0 Å². The number of sulfonamides is 1. The van der Waals surface area contributed by atoms with Gasteiger partial charge in [0.1, 0.15) is 5.75 Å². The van der Waals surface area contributed by atoms with Gasteiger partial charge in [0.15, 0.2) is 0 Å². The van der Waals surface area contributed by atoms with Crippen LogP contribution in [0.25, 0.3) is 0 Å². The first kappa shape index (κ1) is 19.0. The molecular formula is C18H22N2O4S. The Balaban J connectivity index is 2.40. The molecule has 1 amide bonds. The Kier molecular flexibility index (Phi) is 5.49. The summed E-state index contributed by atoms with van der Waals surface area (Å²) in [6.45, 7) is 3.60. The number of nitrogens with zero attached hydrogens (tertiary/aromatic N) is 1. The van der Waals surface area contributed by atoms with Crippen LogP contribution in [-0.4, -0.2) is 39.8 Å². The third-order valence-electron chi connectivity index (χ3n) is 3.81. The Morgan fingerprint density at radius 3 is 2.36 bits per heavy atom. The monoisotopic (exact) mass is 362 g/mol. The Hall–Kier alpha value is -2.38. The van der Waals surface area contributed by atoms with Crippen molar-refractivity contribution in [3.63, 3.8) is 0 Å². The molecule has 0 heterocycles. The summed E-state index contributed by atoms with van der Waals surface area (Å²) in [5.74, 6) is 0.131. The van der Waals surface area contributed by atoms with Crippen LogP contribution < -0.4 is 10.1 Å². The number of anilines is 1. The molecule has 6 nitrogen and oxygen atoms in total. The van der Waals surface area contributed by atoms with Gasteiger partial charge in [0.2, 0.25) is 10.0 Å². The van der Waals surface area contributed by atoms with E-state index in [1.54, 1.807) is 31.2 Å². The minimum Gasteiger partial charge on any atom is -0.495 e. The molecule has 2 rings (SSSR count). The van der Waals surface area contributed by atoms with Crippen molar-refractivity contribution in [3.05, 3.63) is 53.1 Å². The molecular weight excluding hydrogens is 340 g/mol. The summed E-state index contributed by atoms with van der Waals surface area (Å²) in [7, 11) is 0.809. The molecule has 0 saturated carbocycles. The van der Waals surface area contributed by atoms with E-state index in [1.165, 1.54) is 27.3 Å². The second-order valence-corrected chi connectivity index (χ2v) is 8.05. The molecule has 7 heteroatoms. The van der Waals surface area contributed by atoms with E-state index >= 15 is 0 Å². The van der Waals surface area contributed by atoms with Crippen molar-refractivity contribution in [2.45, 2.75) is 18.7 Å². The van der Waals surface area contributed by atoms with Crippen LogP contribution in [0.3, 0.4) is 0 Å². The quantitative estimate of drug-likeness (QED) is 0.887. The summed E-state index contributed by atoms with van der Waals surface area (Å²) in [6, 6.07) is 10.1. The third-order valence-corrected chi connectivity index (χ3v) is 5.77. The van der Waals surface area contributed by atoms with Gasteiger partial charge in [-0.05, 0) is 49.2 Å². The number of rotatable bonds is 5. The molecule has 0 unspecified atom stereocenters. The van der Waals surface area contributed by atoms with Crippen LogP contribution in [0.4, 0.5) is 5.69 Å². The maximum atomic E-state index is 12.6. The predicted octanol–water partition coefficient (Wildman–Crippen LogP) is 2.81. The second kappa shape index (κ2) is 7.25. The average molecular weight is 362 g/mol. The highest BCUT2D eigenvalue weighted by atomic mass is 32.2. The van der Waals surface area contributed by atoms with E-state index in [9.17, 15) is 13.2 Å². The van der Waals surface area contributed by atoms with E-state index in [-0.39, 0.29) is 10.5 Å². The van der Waals surface area contributed by atoms with Gasteiger partial charge in [0.25, 0.3) is 5.91 Å². The number of carbonyl (C=O) groups is 1. The molecule has 0 bridgehead atoms. The maximum absolute atomic E-state index is 12.6. The lowest BCUT2D eigenvalue weighted by atomic mass is 10.1. The first-order chi connectivity index (χ1) is 11.7. The second-order valence-electron chi connectivity index (χ2n) is 5.93. The number of methoxy groups -OCH3 is 1. The normalized spacial score (nSPS) is 11.4. The minimum absolute atomic E-state index is 0.112. The lowest BCUT2D eigenvalue weighted by molar-refractivity contribution is 0.102. The van der Waals surface area contributed by atoms with E-state index in [0.717, 1.165) is 9.87 Å². The fraction of sp³-hybridized carbons (Fsp3) is 0.278. The number of amides is 1. The van der Waals surface area contributed by atoms with Gasteiger partial charge in [-0.2, -0.15) is 0 Å². The van der Waals surface area contributed by atoms with Crippen LogP contribution in [0, 0.1) is 13.8 Å². The summed E-state index contributed by atoms with van der Waals surface area (Å²) in [4.78, 5) is 12.7. The molecule has 25 heavy (non-hydrogen) atoms. The standard InChI is InChI=1S/C18H22N2O4S/c1-12-6-9-16(24-5)15(10-12)19-18(21)14-8-7-13(2)17(11-14)25(22,23)20(3)4/h6-11H,1-5H3,(H,19,21). The summed E-state index contributed by atoms with van der Waals surface area (Å²) in [5, 5.41) is 2.77. The number of ether oxygens (including phenoxy) is 1. The van der Waals surface area contributed by atoms with E-state index in [2.05, 4.69) is 5.32 Å². The van der Waals surface area contributed by atoms with E-state index in [0.29, 0.717) is 17.0 Å². The fourth-order valence-corrected chi connectivity index (χ4v) is 3.47. The van der Waals surface area contributed by atoms with Crippen molar-refractivity contribution in [1.29, 1.82) is 0 Å². The lowest BCUT2D eigenvalue weighted by Gasteiger charge is -2.15. The van der Waals surface area contributed by atoms with Gasteiger partial charge in [-0.15, -0.1) is 0 Å². The molecule has 0 spiro atoms. The highest BCUT2D eigenvalue weighted by Gasteiger charge is 2.21. The van der Waals surface area contributed by atoms with E-state index in [4.69, 9.17) is 4.74 Å². The molecule has 0 saturated heterocycles. The van der Waals surface area contributed by atoms with Gasteiger partial charge in [-0.3, -0.25) is 4.79 Å². The zero-order chi connectivity index (χ0) is 18.8. The zero-order valence-corrected chi connectivity index (χ0v) is 15.8. The van der Waals surface area contributed by atoms with Crippen molar-refractivity contribution in [2.24, 2.45) is 0 Å². The Bertz CT molecular complexity index is 905. The first-order valence-corrected chi connectivity index (χ1v) is 9.10. The van der Waals surface area contributed by atoms with Crippen LogP contribution in [-0.2, 0) is 10.0 Å². The highest BCUT2D eigenvalue weighted by molar-refractivity contribution is 7.89. The van der Waals surface area contributed by atoms with Crippen LogP contribution in [0.1, 0.15) is 21.5 Å². The van der Waals surface area contributed by atoms with Gasteiger partial charge in [-0.1, -0.05) is 12.1 Å².